The largest absolute Gasteiger partial charge is 0.451 e. The maximum Gasteiger partial charge on any atom is 0.287 e. The van der Waals surface area contributed by atoms with E-state index in [0.29, 0.717) is 22.1 Å². The molecule has 6 nitrogen and oxygen atoms in total. The van der Waals surface area contributed by atoms with Gasteiger partial charge >= 0.3 is 0 Å². The van der Waals surface area contributed by atoms with Gasteiger partial charge in [-0.05, 0) is 29.8 Å². The number of fused-ring (bicyclic) bond motifs is 1. The molecular weight excluding hydrogens is 308 g/mol. The summed E-state index contributed by atoms with van der Waals surface area (Å²) in [6, 6.07) is 14.5. The van der Waals surface area contributed by atoms with Crippen LogP contribution in [0.25, 0.3) is 11.0 Å². The average molecular weight is 322 g/mol. The Kier molecular flexibility index (Phi) is 4.11. The zero-order valence-corrected chi connectivity index (χ0v) is 12.6. The second kappa shape index (κ2) is 6.37. The molecule has 0 saturated heterocycles. The van der Waals surface area contributed by atoms with E-state index < -0.39 is 11.8 Å². The molecule has 3 N–H and O–H groups in total. The molecule has 3 aromatic rings. The lowest BCUT2D eigenvalue weighted by Gasteiger charge is -2.06. The van der Waals surface area contributed by atoms with Crippen molar-refractivity contribution in [2.24, 2.45) is 5.73 Å². The Balaban J connectivity index is 1.79. The number of rotatable bonds is 4. The minimum Gasteiger partial charge on any atom is -0.451 e. The van der Waals surface area contributed by atoms with Crippen LogP contribution in [0.15, 0.2) is 63.8 Å². The van der Waals surface area contributed by atoms with Gasteiger partial charge in [-0.25, -0.2) is 0 Å². The highest BCUT2D eigenvalue weighted by Gasteiger charge is 2.12. The van der Waals surface area contributed by atoms with Crippen LogP contribution < -0.4 is 16.5 Å². The van der Waals surface area contributed by atoms with Gasteiger partial charge in [-0.1, -0.05) is 24.3 Å². The highest BCUT2D eigenvalue weighted by atomic mass is 16.3. The van der Waals surface area contributed by atoms with Crippen LogP contribution >= 0.6 is 0 Å². The molecule has 1 heterocycles. The Bertz CT molecular complexity index is 991. The van der Waals surface area contributed by atoms with Gasteiger partial charge in [0.15, 0.2) is 11.2 Å². The van der Waals surface area contributed by atoms with Crippen LogP contribution in [0, 0.1) is 0 Å². The minimum absolute atomic E-state index is 0.0650. The van der Waals surface area contributed by atoms with Gasteiger partial charge in [0.2, 0.25) is 5.91 Å². The fraction of sp³-hybridized carbons (Fsp3) is 0.0556. The van der Waals surface area contributed by atoms with Crippen molar-refractivity contribution in [3.05, 3.63) is 81.7 Å². The first-order valence-corrected chi connectivity index (χ1v) is 7.24. The summed E-state index contributed by atoms with van der Waals surface area (Å²) in [5.41, 5.74) is 6.37. The Hall–Kier alpha value is -3.41. The third-order valence-corrected chi connectivity index (χ3v) is 3.52. The normalized spacial score (nSPS) is 10.5. The number of nitrogens with two attached hydrogens (primary N) is 1. The van der Waals surface area contributed by atoms with E-state index in [1.807, 2.05) is 0 Å². The molecular formula is C18H14N2O4. The molecule has 0 aliphatic carbocycles. The zero-order valence-electron chi connectivity index (χ0n) is 12.6. The smallest absolute Gasteiger partial charge is 0.287 e. The van der Waals surface area contributed by atoms with Crippen LogP contribution in [-0.4, -0.2) is 11.8 Å². The summed E-state index contributed by atoms with van der Waals surface area (Å²) in [6.07, 6.45) is 0. The van der Waals surface area contributed by atoms with Crippen LogP contribution in [0.4, 0.5) is 0 Å². The standard InChI is InChI=1S/C18H14N2O4/c19-17(22)12-5-3-4-11(8-12)10-20-18(23)16-9-14(21)13-6-1-2-7-15(13)24-16/h1-9H,10H2,(H2,19,22)(H,20,23). The molecule has 1 aromatic heterocycles. The number of benzene rings is 2. The second-order valence-corrected chi connectivity index (χ2v) is 5.22. The van der Waals surface area contributed by atoms with E-state index in [1.54, 1.807) is 48.5 Å². The van der Waals surface area contributed by atoms with Gasteiger partial charge in [-0.15, -0.1) is 0 Å². The van der Waals surface area contributed by atoms with E-state index in [9.17, 15) is 14.4 Å². The maximum absolute atomic E-state index is 12.2. The van der Waals surface area contributed by atoms with Crippen molar-refractivity contribution >= 4 is 22.8 Å². The highest BCUT2D eigenvalue weighted by molar-refractivity contribution is 5.94. The first-order chi connectivity index (χ1) is 11.5. The predicted octanol–water partition coefficient (Wildman–Crippen LogP) is 1.82. The molecule has 3 rings (SSSR count). The third kappa shape index (κ3) is 3.17. The Morgan fingerprint density at radius 2 is 1.83 bits per heavy atom. The van der Waals surface area contributed by atoms with Gasteiger partial charge in [-0.3, -0.25) is 14.4 Å². The van der Waals surface area contributed by atoms with Crippen LogP contribution in [0.5, 0.6) is 0 Å². The summed E-state index contributed by atoms with van der Waals surface area (Å²) < 4.78 is 5.47. The lowest BCUT2D eigenvalue weighted by molar-refractivity contribution is 0.0923. The summed E-state index contributed by atoms with van der Waals surface area (Å²) in [7, 11) is 0. The number of hydrogen-bond acceptors (Lipinski definition) is 4. The first-order valence-electron chi connectivity index (χ1n) is 7.24. The lowest BCUT2D eigenvalue weighted by atomic mass is 10.1. The van der Waals surface area contributed by atoms with Crippen LogP contribution in [-0.2, 0) is 6.54 Å². The summed E-state index contributed by atoms with van der Waals surface area (Å²) in [5, 5.41) is 3.07. The van der Waals surface area contributed by atoms with Crippen molar-refractivity contribution in [1.82, 2.24) is 5.32 Å². The molecule has 120 valence electrons. The average Bonchev–Trinajstić information content (AvgIpc) is 2.60. The number of hydrogen-bond donors (Lipinski definition) is 2. The molecule has 2 amide bonds. The van der Waals surface area contributed by atoms with Crippen molar-refractivity contribution in [3.63, 3.8) is 0 Å². The Morgan fingerprint density at radius 3 is 2.62 bits per heavy atom. The van der Waals surface area contributed by atoms with E-state index in [2.05, 4.69) is 5.32 Å². The molecule has 0 bridgehead atoms. The fourth-order valence-corrected chi connectivity index (χ4v) is 2.32. The van der Waals surface area contributed by atoms with Gasteiger partial charge in [0.1, 0.15) is 5.58 Å². The Morgan fingerprint density at radius 1 is 1.04 bits per heavy atom. The number of primary amides is 1. The van der Waals surface area contributed by atoms with E-state index in [4.69, 9.17) is 10.2 Å². The summed E-state index contributed by atoms with van der Waals surface area (Å²) in [5.74, 6) is -1.12. The minimum atomic E-state index is -0.538. The van der Waals surface area contributed by atoms with Crippen LogP contribution in [0.2, 0.25) is 0 Å². The molecule has 0 aliphatic rings. The van der Waals surface area contributed by atoms with Crippen molar-refractivity contribution in [2.75, 3.05) is 0 Å². The van der Waals surface area contributed by atoms with Crippen molar-refractivity contribution in [3.8, 4) is 0 Å². The molecule has 6 heteroatoms. The third-order valence-electron chi connectivity index (χ3n) is 3.52. The predicted molar refractivity (Wildman–Crippen MR) is 88.6 cm³/mol. The van der Waals surface area contributed by atoms with E-state index in [0.717, 1.165) is 6.07 Å². The van der Waals surface area contributed by atoms with E-state index in [-0.39, 0.29) is 17.7 Å². The summed E-state index contributed by atoms with van der Waals surface area (Å²) >= 11 is 0. The van der Waals surface area contributed by atoms with Gasteiger partial charge in [-0.2, -0.15) is 0 Å². The van der Waals surface area contributed by atoms with E-state index >= 15 is 0 Å². The zero-order chi connectivity index (χ0) is 17.1. The fourth-order valence-electron chi connectivity index (χ4n) is 2.32. The number of amides is 2. The van der Waals surface area contributed by atoms with Crippen LogP contribution in [0.1, 0.15) is 26.5 Å². The quantitative estimate of drug-likeness (QED) is 0.764. The molecule has 0 atom stereocenters. The summed E-state index contributed by atoms with van der Waals surface area (Å²) in [4.78, 5) is 35.4. The molecule has 0 spiro atoms. The second-order valence-electron chi connectivity index (χ2n) is 5.22. The lowest BCUT2D eigenvalue weighted by Crippen LogP contribution is -2.24. The Labute approximate surface area is 136 Å². The van der Waals surface area contributed by atoms with Gasteiger partial charge in [0.25, 0.3) is 5.91 Å². The van der Waals surface area contributed by atoms with Crippen molar-refractivity contribution in [1.29, 1.82) is 0 Å². The molecule has 0 unspecified atom stereocenters. The molecule has 0 fully saturated rings. The number of nitrogens with one attached hydrogen (secondary N) is 1. The SMILES string of the molecule is NC(=O)c1cccc(CNC(=O)c2cc(=O)c3ccccc3o2)c1. The van der Waals surface area contributed by atoms with Crippen molar-refractivity contribution in [2.45, 2.75) is 6.54 Å². The number of para-hydroxylation sites is 1. The highest BCUT2D eigenvalue weighted by Crippen LogP contribution is 2.12. The van der Waals surface area contributed by atoms with E-state index in [1.165, 1.54) is 0 Å². The maximum atomic E-state index is 12.2. The molecule has 0 aliphatic heterocycles. The number of carbonyl (C=O) groups is 2. The van der Waals surface area contributed by atoms with Crippen LogP contribution in [0.3, 0.4) is 0 Å². The topological polar surface area (TPSA) is 102 Å². The monoisotopic (exact) mass is 322 g/mol. The van der Waals surface area contributed by atoms with Gasteiger partial charge in [0, 0.05) is 18.2 Å². The van der Waals surface area contributed by atoms with Crippen molar-refractivity contribution < 1.29 is 14.0 Å². The molecule has 0 radical (unpaired) electrons. The molecule has 24 heavy (non-hydrogen) atoms. The van der Waals surface area contributed by atoms with Gasteiger partial charge < -0.3 is 15.5 Å². The van der Waals surface area contributed by atoms with Gasteiger partial charge in [0.05, 0.1) is 5.39 Å². The molecule has 0 saturated carbocycles. The first kappa shape index (κ1) is 15.5. The molecule has 2 aromatic carbocycles. The number of carbonyl (C=O) groups excluding carboxylic acids is 2. The summed E-state index contributed by atoms with van der Waals surface area (Å²) in [6.45, 7) is 0.177.